The number of esters is 1. The smallest absolute Gasteiger partial charge is 0.335 e. The Hall–Kier alpha value is -1.96. The van der Waals surface area contributed by atoms with Crippen molar-refractivity contribution in [1.29, 1.82) is 0 Å². The molecule has 386 valence electrons. The summed E-state index contributed by atoms with van der Waals surface area (Å²) in [5.41, 5.74) is -2.17. The topological polar surface area (TPSA) is 321 Å². The summed E-state index contributed by atoms with van der Waals surface area (Å²) in [6.07, 6.45) is -21.1. The van der Waals surface area contributed by atoms with Crippen LogP contribution in [0.15, 0.2) is 11.6 Å². The highest BCUT2D eigenvalue weighted by atomic mass is 16.8. The van der Waals surface area contributed by atoms with Crippen LogP contribution in [-0.4, -0.2) is 192 Å². The van der Waals surface area contributed by atoms with Crippen LogP contribution in [0.5, 0.6) is 0 Å². The summed E-state index contributed by atoms with van der Waals surface area (Å²) in [6.45, 7) is 13.4. The SMILES string of the molecule is C[C@@H]1O[C@@H](O[C@H]2[C@H](O[C@H]3[C@H](O[C@H]4CC[C@]5(C)[C@H]6CC=C7[C@@H]8C[C@@](C)(CO)[C@@H](O)C[C@]89C[C@@H](OC9=O)[C@@]7(C)[C@]6(C)CC[C@H]5C4(C)C)O[C@H](C(=O)O)[C@@H](O)[C@@H]3O)O[C@H](CO)[C@@H](O)[C@@H]2O)[C@H](O)[C@H](O)[C@H]1O. The third-order valence-electron chi connectivity index (χ3n) is 19.9. The molecule has 0 aromatic rings. The standard InChI is InChI=1S/C48H74O20/c1-19-28(52)30(54)34(58)39(62-19)67-36-31(55)29(53)22(17-49)63-40(36)68-37-33(57)32(56)35(38(59)60)66-41(37)64-26-11-12-45(5)23(43(26,2)3)10-13-46(6)24(45)9-8-20-21-14-44(4,18-50)25(51)15-48(21)16-27(47(20,46)7)65-42(48)61/h8,19,21-37,39-41,49-58H,9-18H2,1-7H3,(H,59,60)/t19-,21-,22+,23-,24+,25-,26-,27+,28-,29+,30+,31-,32-,33-,34+,35-,36+,37+,39-,40-,41+,44-,45-,46+,47-,48-/m0/s1. The van der Waals surface area contributed by atoms with Crippen molar-refractivity contribution in [2.75, 3.05) is 13.2 Å². The Morgan fingerprint density at radius 2 is 1.37 bits per heavy atom. The molecule has 0 aromatic heterocycles. The molecule has 26 atom stereocenters. The van der Waals surface area contributed by atoms with E-state index < -0.39 is 139 Å². The van der Waals surface area contributed by atoms with Gasteiger partial charge in [0.15, 0.2) is 25.0 Å². The number of aliphatic hydroxyl groups is 10. The molecule has 9 aliphatic rings. The number of carbonyl (C=O) groups excluding carboxylic acids is 1. The highest BCUT2D eigenvalue weighted by Gasteiger charge is 2.76. The van der Waals surface area contributed by atoms with Crippen molar-refractivity contribution in [2.45, 2.75) is 210 Å². The van der Waals surface area contributed by atoms with Crippen LogP contribution in [0.1, 0.15) is 99.8 Å². The molecule has 0 radical (unpaired) electrons. The van der Waals surface area contributed by atoms with Gasteiger partial charge in [-0.1, -0.05) is 53.2 Å². The van der Waals surface area contributed by atoms with E-state index in [-0.39, 0.29) is 53.7 Å². The van der Waals surface area contributed by atoms with Gasteiger partial charge in [0, 0.05) is 17.3 Å². The highest BCUT2D eigenvalue weighted by molar-refractivity contribution is 5.82. The molecule has 0 amide bonds. The van der Waals surface area contributed by atoms with Crippen LogP contribution in [0.2, 0.25) is 0 Å². The maximum Gasteiger partial charge on any atom is 0.335 e. The molecule has 20 nitrogen and oxygen atoms in total. The van der Waals surface area contributed by atoms with Gasteiger partial charge in [0.25, 0.3) is 0 Å². The molecule has 68 heavy (non-hydrogen) atoms. The van der Waals surface area contributed by atoms with Crippen molar-refractivity contribution in [3.05, 3.63) is 11.6 Å². The van der Waals surface area contributed by atoms with Gasteiger partial charge in [0.2, 0.25) is 0 Å². The van der Waals surface area contributed by atoms with Gasteiger partial charge in [0.1, 0.15) is 67.1 Å². The third-order valence-corrected chi connectivity index (χ3v) is 19.9. The minimum atomic E-state index is -2.06. The van der Waals surface area contributed by atoms with E-state index in [1.165, 1.54) is 12.5 Å². The predicted octanol–water partition coefficient (Wildman–Crippen LogP) is -0.780. The van der Waals surface area contributed by atoms with Crippen molar-refractivity contribution in [2.24, 2.45) is 50.2 Å². The molecule has 2 bridgehead atoms. The summed E-state index contributed by atoms with van der Waals surface area (Å²) in [6, 6.07) is 0. The second-order valence-corrected chi connectivity index (χ2v) is 23.5. The first-order valence-electron chi connectivity index (χ1n) is 24.5. The fourth-order valence-corrected chi connectivity index (χ4v) is 15.6. The lowest BCUT2D eigenvalue weighted by atomic mass is 9.33. The van der Waals surface area contributed by atoms with Gasteiger partial charge in [-0.2, -0.15) is 0 Å². The lowest BCUT2D eigenvalue weighted by Crippen LogP contribution is -2.68. The molecule has 4 heterocycles. The third kappa shape index (κ3) is 7.20. The van der Waals surface area contributed by atoms with Crippen molar-refractivity contribution >= 4 is 11.9 Å². The zero-order chi connectivity index (χ0) is 49.6. The first kappa shape index (κ1) is 51.0. The second kappa shape index (κ2) is 17.3. The van der Waals surface area contributed by atoms with E-state index in [9.17, 15) is 65.8 Å². The molecule has 0 aromatic carbocycles. The van der Waals surface area contributed by atoms with Crippen molar-refractivity contribution in [3.63, 3.8) is 0 Å². The second-order valence-electron chi connectivity index (χ2n) is 23.5. The molecule has 4 saturated heterocycles. The largest absolute Gasteiger partial charge is 0.479 e. The van der Waals surface area contributed by atoms with Gasteiger partial charge in [-0.15, -0.1) is 0 Å². The normalized spacial score (nSPS) is 56.3. The Balaban J connectivity index is 0.992. The number of fused-ring (bicyclic) bond motifs is 8. The molecule has 1 spiro atoms. The summed E-state index contributed by atoms with van der Waals surface area (Å²) in [5.74, 6) is -1.88. The Kier molecular flexibility index (Phi) is 13.0. The number of carboxylic acids is 1. The maximum atomic E-state index is 14.0. The molecule has 0 unspecified atom stereocenters. The van der Waals surface area contributed by atoms with E-state index in [1.54, 1.807) is 0 Å². The van der Waals surface area contributed by atoms with Gasteiger partial charge in [-0.05, 0) is 85.9 Å². The summed E-state index contributed by atoms with van der Waals surface area (Å²) in [5, 5.41) is 119. The van der Waals surface area contributed by atoms with Gasteiger partial charge in [-0.3, -0.25) is 4.79 Å². The number of hydrogen-bond donors (Lipinski definition) is 11. The fourth-order valence-electron chi connectivity index (χ4n) is 15.6. The van der Waals surface area contributed by atoms with Gasteiger partial charge in [-0.25, -0.2) is 4.79 Å². The van der Waals surface area contributed by atoms with Crippen molar-refractivity contribution in [1.82, 2.24) is 0 Å². The van der Waals surface area contributed by atoms with E-state index in [1.807, 2.05) is 6.92 Å². The summed E-state index contributed by atoms with van der Waals surface area (Å²) < 4.78 is 42.7. The van der Waals surface area contributed by atoms with E-state index in [0.29, 0.717) is 25.7 Å². The van der Waals surface area contributed by atoms with Gasteiger partial charge < -0.3 is 89.3 Å². The molecule has 8 fully saturated rings. The first-order chi connectivity index (χ1) is 31.7. The van der Waals surface area contributed by atoms with Crippen LogP contribution >= 0.6 is 0 Å². The van der Waals surface area contributed by atoms with Gasteiger partial charge >= 0.3 is 11.9 Å². The molecule has 5 aliphatic carbocycles. The zero-order valence-corrected chi connectivity index (χ0v) is 39.9. The number of hydrogen-bond acceptors (Lipinski definition) is 19. The first-order valence-corrected chi connectivity index (χ1v) is 24.5. The van der Waals surface area contributed by atoms with Crippen LogP contribution in [0.3, 0.4) is 0 Å². The summed E-state index contributed by atoms with van der Waals surface area (Å²) in [7, 11) is 0. The molecular weight excluding hydrogens is 897 g/mol. The van der Waals surface area contributed by atoms with Crippen LogP contribution in [0, 0.1) is 50.2 Å². The average molecular weight is 971 g/mol. The molecular formula is C48H74O20. The lowest BCUT2D eigenvalue weighted by Gasteiger charge is -2.71. The molecule has 20 heteroatoms. The Bertz CT molecular complexity index is 1970. The minimum absolute atomic E-state index is 0.0232. The van der Waals surface area contributed by atoms with Crippen molar-refractivity contribution in [3.8, 4) is 0 Å². The molecule has 11 N–H and O–H groups in total. The van der Waals surface area contributed by atoms with Crippen LogP contribution in [-0.2, 0) is 42.7 Å². The number of carboxylic acid groups (broad SMARTS) is 1. The number of ether oxygens (including phenoxy) is 7. The number of allylic oxidation sites excluding steroid dienone is 1. The van der Waals surface area contributed by atoms with Gasteiger partial charge in [0.05, 0.1) is 36.9 Å². The Labute approximate surface area is 395 Å². The fraction of sp³-hybridized carbons (Fsp3) is 0.917. The van der Waals surface area contributed by atoms with Crippen molar-refractivity contribution < 1.29 is 98.9 Å². The summed E-state index contributed by atoms with van der Waals surface area (Å²) in [4.78, 5) is 26.5. The Morgan fingerprint density at radius 3 is 2.01 bits per heavy atom. The van der Waals surface area contributed by atoms with Crippen LogP contribution in [0.4, 0.5) is 0 Å². The van der Waals surface area contributed by atoms with E-state index >= 15 is 0 Å². The lowest BCUT2D eigenvalue weighted by molar-refractivity contribution is -0.395. The number of aliphatic hydroxyl groups excluding tert-OH is 10. The monoisotopic (exact) mass is 970 g/mol. The van der Waals surface area contributed by atoms with E-state index in [2.05, 4.69) is 40.7 Å². The highest BCUT2D eigenvalue weighted by Crippen LogP contribution is 2.77. The van der Waals surface area contributed by atoms with Crippen LogP contribution < -0.4 is 0 Å². The van der Waals surface area contributed by atoms with E-state index in [0.717, 1.165) is 19.3 Å². The molecule has 9 rings (SSSR count). The molecule has 4 saturated carbocycles. The van der Waals surface area contributed by atoms with Crippen LogP contribution in [0.25, 0.3) is 0 Å². The number of aliphatic carboxylic acids is 1. The number of carbonyl (C=O) groups is 2. The zero-order valence-electron chi connectivity index (χ0n) is 39.9. The molecule has 4 aliphatic heterocycles. The maximum absolute atomic E-state index is 14.0. The average Bonchev–Trinajstić information content (AvgIpc) is 3.58. The predicted molar refractivity (Wildman–Crippen MR) is 230 cm³/mol. The quantitative estimate of drug-likeness (QED) is 0.0767. The Morgan fingerprint density at radius 1 is 0.721 bits per heavy atom. The minimum Gasteiger partial charge on any atom is -0.479 e. The summed E-state index contributed by atoms with van der Waals surface area (Å²) >= 11 is 0. The van der Waals surface area contributed by atoms with E-state index in [4.69, 9.17) is 33.2 Å². The number of rotatable bonds is 9.